The number of carbonyl (C=O) groups excluding carboxylic acids is 1. The van der Waals surface area contributed by atoms with Gasteiger partial charge in [-0.2, -0.15) is 0 Å². The van der Waals surface area contributed by atoms with Crippen LogP contribution in [0.25, 0.3) is 0 Å². The lowest BCUT2D eigenvalue weighted by Crippen LogP contribution is -2.30. The fraction of sp³-hybridized carbons (Fsp3) is 0.615. The summed E-state index contributed by atoms with van der Waals surface area (Å²) in [5, 5.41) is 3.00. The van der Waals surface area contributed by atoms with Gasteiger partial charge in [-0.3, -0.25) is 4.79 Å². The van der Waals surface area contributed by atoms with E-state index in [-0.39, 0.29) is 5.91 Å². The highest BCUT2D eigenvalue weighted by Crippen LogP contribution is 2.44. The molecular weight excluding hydrogens is 214 g/mol. The van der Waals surface area contributed by atoms with E-state index < -0.39 is 0 Å². The van der Waals surface area contributed by atoms with Crippen LogP contribution in [0.5, 0.6) is 0 Å². The molecule has 1 saturated carbocycles. The molecule has 0 saturated heterocycles. The van der Waals surface area contributed by atoms with Crippen LogP contribution in [0, 0.1) is 5.41 Å². The van der Waals surface area contributed by atoms with Crippen molar-refractivity contribution in [1.29, 1.82) is 0 Å². The molecule has 0 aromatic carbocycles. The van der Waals surface area contributed by atoms with Gasteiger partial charge in [0.05, 0.1) is 5.69 Å². The molecule has 4 nitrogen and oxygen atoms in total. The van der Waals surface area contributed by atoms with Gasteiger partial charge in [-0.15, -0.1) is 0 Å². The molecule has 94 valence electrons. The number of hydrogen-bond donors (Lipinski definition) is 2. The van der Waals surface area contributed by atoms with Gasteiger partial charge >= 0.3 is 0 Å². The summed E-state index contributed by atoms with van der Waals surface area (Å²) in [5.41, 5.74) is 7.41. The summed E-state index contributed by atoms with van der Waals surface area (Å²) in [6, 6.07) is 1.75. The number of aromatic nitrogens is 1. The van der Waals surface area contributed by atoms with Gasteiger partial charge < -0.3 is 15.6 Å². The van der Waals surface area contributed by atoms with Gasteiger partial charge in [0.2, 0.25) is 0 Å². The third-order valence-corrected chi connectivity index (χ3v) is 3.39. The van der Waals surface area contributed by atoms with Gasteiger partial charge in [0.15, 0.2) is 0 Å². The normalized spacial score (nSPS) is 16.8. The van der Waals surface area contributed by atoms with Crippen LogP contribution in [0.1, 0.15) is 43.6 Å². The maximum Gasteiger partial charge on any atom is 0.268 e. The number of aryl methyl sites for hydroxylation is 1. The van der Waals surface area contributed by atoms with E-state index in [1.807, 2.05) is 10.8 Å². The van der Waals surface area contributed by atoms with E-state index in [2.05, 4.69) is 19.2 Å². The second-order valence-electron chi connectivity index (χ2n) is 5.35. The average Bonchev–Trinajstić information content (AvgIpc) is 2.90. The second kappa shape index (κ2) is 4.43. The number of anilines is 1. The predicted octanol–water partition coefficient (Wildman–Crippen LogP) is 2.01. The number of carbonyl (C=O) groups is 1. The van der Waals surface area contributed by atoms with Crippen molar-refractivity contribution in [2.45, 2.75) is 39.7 Å². The highest BCUT2D eigenvalue weighted by atomic mass is 16.1. The lowest BCUT2D eigenvalue weighted by molar-refractivity contribution is 0.0936. The smallest absolute Gasteiger partial charge is 0.268 e. The van der Waals surface area contributed by atoms with Crippen molar-refractivity contribution in [3.8, 4) is 0 Å². The molecule has 0 atom stereocenters. The van der Waals surface area contributed by atoms with E-state index in [4.69, 9.17) is 5.73 Å². The Morgan fingerprint density at radius 3 is 2.88 bits per heavy atom. The van der Waals surface area contributed by atoms with Crippen LogP contribution in [0.3, 0.4) is 0 Å². The molecule has 1 fully saturated rings. The molecular formula is C13H21N3O. The van der Waals surface area contributed by atoms with Crippen LogP contribution < -0.4 is 11.1 Å². The van der Waals surface area contributed by atoms with Crippen LogP contribution in [-0.2, 0) is 6.54 Å². The van der Waals surface area contributed by atoms with Gasteiger partial charge in [0.25, 0.3) is 5.91 Å². The Kier molecular flexibility index (Phi) is 3.13. The van der Waals surface area contributed by atoms with E-state index >= 15 is 0 Å². The molecule has 1 aliphatic rings. The second-order valence-corrected chi connectivity index (χ2v) is 5.35. The number of nitrogens with one attached hydrogen (secondary N) is 1. The van der Waals surface area contributed by atoms with Gasteiger partial charge in [0, 0.05) is 19.3 Å². The summed E-state index contributed by atoms with van der Waals surface area (Å²) >= 11 is 0. The molecule has 0 bridgehead atoms. The molecule has 0 radical (unpaired) electrons. The van der Waals surface area contributed by atoms with Crippen molar-refractivity contribution in [1.82, 2.24) is 9.88 Å². The molecule has 17 heavy (non-hydrogen) atoms. The molecule has 1 amide bonds. The predicted molar refractivity (Wildman–Crippen MR) is 68.8 cm³/mol. The Labute approximate surface area is 102 Å². The highest BCUT2D eigenvalue weighted by Gasteiger charge is 2.37. The van der Waals surface area contributed by atoms with E-state index in [0.29, 0.717) is 16.8 Å². The van der Waals surface area contributed by atoms with Gasteiger partial charge in [-0.1, -0.05) is 13.8 Å². The van der Waals surface area contributed by atoms with Crippen molar-refractivity contribution < 1.29 is 4.79 Å². The van der Waals surface area contributed by atoms with E-state index in [1.165, 1.54) is 12.8 Å². The fourth-order valence-corrected chi connectivity index (χ4v) is 1.92. The van der Waals surface area contributed by atoms with E-state index in [9.17, 15) is 4.79 Å². The number of nitrogens with zero attached hydrogens (tertiary/aromatic N) is 1. The zero-order valence-corrected chi connectivity index (χ0v) is 10.6. The van der Waals surface area contributed by atoms with Crippen LogP contribution in [0.15, 0.2) is 12.3 Å². The largest absolute Gasteiger partial charge is 0.397 e. The molecule has 1 aromatic heterocycles. The Bertz CT molecular complexity index is 418. The summed E-state index contributed by atoms with van der Waals surface area (Å²) in [7, 11) is 0. The molecule has 0 unspecified atom stereocenters. The monoisotopic (exact) mass is 235 g/mol. The minimum absolute atomic E-state index is 0.0109. The summed E-state index contributed by atoms with van der Waals surface area (Å²) in [5.74, 6) is -0.0109. The fourth-order valence-electron chi connectivity index (χ4n) is 1.92. The third-order valence-electron chi connectivity index (χ3n) is 3.39. The first-order valence-corrected chi connectivity index (χ1v) is 6.28. The van der Waals surface area contributed by atoms with Crippen LogP contribution >= 0.6 is 0 Å². The maximum atomic E-state index is 12.0. The third kappa shape index (κ3) is 2.81. The number of rotatable bonds is 5. The zero-order chi connectivity index (χ0) is 12.5. The zero-order valence-electron chi connectivity index (χ0n) is 10.6. The Hall–Kier alpha value is -1.45. The molecule has 0 spiro atoms. The molecule has 1 heterocycles. The lowest BCUT2D eigenvalue weighted by atomic mass is 10.1. The highest BCUT2D eigenvalue weighted by molar-refractivity contribution is 5.93. The van der Waals surface area contributed by atoms with Crippen molar-refractivity contribution in [2.75, 3.05) is 12.3 Å². The maximum absolute atomic E-state index is 12.0. The first kappa shape index (κ1) is 12.0. The molecule has 0 aliphatic heterocycles. The number of hydrogen-bond acceptors (Lipinski definition) is 2. The average molecular weight is 235 g/mol. The molecule has 3 N–H and O–H groups in total. The summed E-state index contributed by atoms with van der Waals surface area (Å²) in [4.78, 5) is 12.0. The SMILES string of the molecule is CCCn1cc(N)cc1C(=O)NCC1(C)CC1. The first-order valence-electron chi connectivity index (χ1n) is 6.28. The van der Waals surface area contributed by atoms with Crippen molar-refractivity contribution in [3.63, 3.8) is 0 Å². The van der Waals surface area contributed by atoms with Crippen LogP contribution in [-0.4, -0.2) is 17.0 Å². The Balaban J connectivity index is 2.01. The molecule has 2 rings (SSSR count). The Morgan fingerprint density at radius 1 is 1.59 bits per heavy atom. The van der Waals surface area contributed by atoms with Crippen LogP contribution in [0.4, 0.5) is 5.69 Å². The standard InChI is InChI=1S/C13H21N3O/c1-3-6-16-8-10(14)7-11(16)12(17)15-9-13(2)4-5-13/h7-8H,3-6,9,14H2,1-2H3,(H,15,17). The van der Waals surface area contributed by atoms with Crippen molar-refractivity contribution in [2.24, 2.45) is 5.41 Å². The van der Waals surface area contributed by atoms with E-state index in [0.717, 1.165) is 19.5 Å². The molecule has 1 aromatic rings. The summed E-state index contributed by atoms with van der Waals surface area (Å²) in [6.45, 7) is 5.89. The van der Waals surface area contributed by atoms with Gasteiger partial charge in [0.1, 0.15) is 5.69 Å². The first-order chi connectivity index (χ1) is 8.04. The number of nitrogen functional groups attached to an aromatic ring is 1. The summed E-state index contributed by atoms with van der Waals surface area (Å²) < 4.78 is 1.93. The topological polar surface area (TPSA) is 60.0 Å². The van der Waals surface area contributed by atoms with Crippen LogP contribution in [0.2, 0.25) is 0 Å². The van der Waals surface area contributed by atoms with Crippen molar-refractivity contribution >= 4 is 11.6 Å². The Morgan fingerprint density at radius 2 is 2.29 bits per heavy atom. The number of nitrogens with two attached hydrogens (primary N) is 1. The minimum atomic E-state index is -0.0109. The molecule has 4 heteroatoms. The quantitative estimate of drug-likeness (QED) is 0.820. The molecule has 1 aliphatic carbocycles. The lowest BCUT2D eigenvalue weighted by Gasteiger charge is -2.11. The van der Waals surface area contributed by atoms with Crippen molar-refractivity contribution in [3.05, 3.63) is 18.0 Å². The van der Waals surface area contributed by atoms with E-state index in [1.54, 1.807) is 6.07 Å². The minimum Gasteiger partial charge on any atom is -0.397 e. The summed E-state index contributed by atoms with van der Waals surface area (Å²) in [6.07, 6.45) is 5.25. The van der Waals surface area contributed by atoms with Gasteiger partial charge in [-0.25, -0.2) is 0 Å². The number of amides is 1. The van der Waals surface area contributed by atoms with Gasteiger partial charge in [-0.05, 0) is 30.7 Å².